The molecule has 1 aliphatic rings. The maximum Gasteiger partial charge on any atom is 0.246 e. The van der Waals surface area contributed by atoms with Crippen LogP contribution in [0.2, 0.25) is 0 Å². The number of hydrogen-bond acceptors (Lipinski definition) is 3. The Kier molecular flexibility index (Phi) is 3.75. The van der Waals surface area contributed by atoms with Crippen LogP contribution in [0.4, 0.5) is 17.1 Å². The van der Waals surface area contributed by atoms with E-state index in [-0.39, 0.29) is 11.9 Å². The molecule has 1 aliphatic heterocycles. The number of nitrogens with two attached hydrogens (primary N) is 1. The summed E-state index contributed by atoms with van der Waals surface area (Å²) in [4.78, 5) is 14.7. The summed E-state index contributed by atoms with van der Waals surface area (Å²) < 4.78 is 0. The highest BCUT2D eigenvalue weighted by Gasteiger charge is 2.27. The van der Waals surface area contributed by atoms with Crippen LogP contribution in [0, 0.1) is 6.92 Å². The second kappa shape index (κ2) is 5.72. The lowest BCUT2D eigenvalue weighted by Crippen LogP contribution is -2.41. The number of carbonyl (C=O) groups is 1. The van der Waals surface area contributed by atoms with E-state index >= 15 is 0 Å². The largest absolute Gasteiger partial charge is 0.398 e. The van der Waals surface area contributed by atoms with Crippen LogP contribution < -0.4 is 16.0 Å². The lowest BCUT2D eigenvalue weighted by molar-refractivity contribution is -0.117. The zero-order chi connectivity index (χ0) is 15.7. The zero-order valence-corrected chi connectivity index (χ0v) is 13.0. The SMILES string of the molecule is Cc1c(N)cccc1NC(=O)C(C)N1CCc2ccccc21. The molecule has 0 saturated heterocycles. The van der Waals surface area contributed by atoms with Gasteiger partial charge in [-0.2, -0.15) is 0 Å². The summed E-state index contributed by atoms with van der Waals surface area (Å²) in [6.45, 7) is 4.74. The van der Waals surface area contributed by atoms with Crippen molar-refractivity contribution in [2.24, 2.45) is 0 Å². The van der Waals surface area contributed by atoms with Crippen molar-refractivity contribution in [3.05, 3.63) is 53.6 Å². The van der Waals surface area contributed by atoms with Crippen LogP contribution in [0.15, 0.2) is 42.5 Å². The first-order valence-corrected chi connectivity index (χ1v) is 7.58. The van der Waals surface area contributed by atoms with Crippen LogP contribution in [0.25, 0.3) is 0 Å². The summed E-state index contributed by atoms with van der Waals surface area (Å²) in [5.41, 5.74) is 10.7. The maximum atomic E-state index is 12.6. The minimum absolute atomic E-state index is 0.00889. The van der Waals surface area contributed by atoms with Crippen LogP contribution in [-0.2, 0) is 11.2 Å². The van der Waals surface area contributed by atoms with Gasteiger partial charge in [0.05, 0.1) is 0 Å². The average Bonchev–Trinajstić information content (AvgIpc) is 2.95. The second-order valence-electron chi connectivity index (χ2n) is 5.76. The van der Waals surface area contributed by atoms with E-state index in [1.165, 1.54) is 5.56 Å². The number of rotatable bonds is 3. The molecule has 4 nitrogen and oxygen atoms in total. The molecule has 1 heterocycles. The Balaban J connectivity index is 1.77. The van der Waals surface area contributed by atoms with Crippen molar-refractivity contribution in [1.29, 1.82) is 0 Å². The summed E-state index contributed by atoms with van der Waals surface area (Å²) in [7, 11) is 0. The number of carbonyl (C=O) groups excluding carboxylic acids is 1. The molecule has 0 radical (unpaired) electrons. The molecule has 0 fully saturated rings. The molecule has 0 aliphatic carbocycles. The van der Waals surface area contributed by atoms with E-state index in [4.69, 9.17) is 5.73 Å². The number of nitrogen functional groups attached to an aromatic ring is 1. The fourth-order valence-corrected chi connectivity index (χ4v) is 2.93. The summed E-state index contributed by atoms with van der Waals surface area (Å²) in [6.07, 6.45) is 0.991. The van der Waals surface area contributed by atoms with E-state index in [0.717, 1.165) is 29.9 Å². The topological polar surface area (TPSA) is 58.4 Å². The van der Waals surface area contributed by atoms with Crippen molar-refractivity contribution < 1.29 is 4.79 Å². The van der Waals surface area contributed by atoms with Crippen molar-refractivity contribution in [1.82, 2.24) is 0 Å². The number of nitrogens with one attached hydrogen (secondary N) is 1. The normalized spacial score (nSPS) is 14.5. The molecular weight excluding hydrogens is 274 g/mol. The molecule has 22 heavy (non-hydrogen) atoms. The molecular formula is C18H21N3O. The van der Waals surface area contributed by atoms with E-state index in [0.29, 0.717) is 5.69 Å². The Morgan fingerprint density at radius 2 is 2.00 bits per heavy atom. The van der Waals surface area contributed by atoms with Gasteiger partial charge in [0.15, 0.2) is 0 Å². The van der Waals surface area contributed by atoms with E-state index < -0.39 is 0 Å². The van der Waals surface area contributed by atoms with Gasteiger partial charge in [0.1, 0.15) is 6.04 Å². The van der Waals surface area contributed by atoms with Crippen molar-refractivity contribution in [2.45, 2.75) is 26.3 Å². The van der Waals surface area contributed by atoms with Crippen molar-refractivity contribution in [3.8, 4) is 0 Å². The fourth-order valence-electron chi connectivity index (χ4n) is 2.93. The van der Waals surface area contributed by atoms with Gasteiger partial charge in [0.25, 0.3) is 0 Å². The average molecular weight is 295 g/mol. The lowest BCUT2D eigenvalue weighted by atomic mass is 10.1. The van der Waals surface area contributed by atoms with Gasteiger partial charge in [-0.15, -0.1) is 0 Å². The molecule has 0 bridgehead atoms. The third-order valence-corrected chi connectivity index (χ3v) is 4.40. The third kappa shape index (κ3) is 2.52. The molecule has 1 amide bonds. The monoisotopic (exact) mass is 295 g/mol. The summed E-state index contributed by atoms with van der Waals surface area (Å²) in [6, 6.07) is 13.6. The smallest absolute Gasteiger partial charge is 0.246 e. The molecule has 0 aromatic heterocycles. The number of nitrogens with zero attached hydrogens (tertiary/aromatic N) is 1. The maximum absolute atomic E-state index is 12.6. The van der Waals surface area contributed by atoms with Crippen LogP contribution in [-0.4, -0.2) is 18.5 Å². The van der Waals surface area contributed by atoms with E-state index in [9.17, 15) is 4.79 Å². The van der Waals surface area contributed by atoms with E-state index in [2.05, 4.69) is 22.3 Å². The number of amides is 1. The standard InChI is InChI=1S/C18H21N3O/c1-12-15(19)7-5-8-16(12)20-18(22)13(2)21-11-10-14-6-3-4-9-17(14)21/h3-9,13H,10-11,19H2,1-2H3,(H,20,22). The Bertz CT molecular complexity index is 711. The molecule has 4 heteroatoms. The first-order valence-electron chi connectivity index (χ1n) is 7.58. The molecule has 3 N–H and O–H groups in total. The predicted octanol–water partition coefficient (Wildman–Crippen LogP) is 2.97. The second-order valence-corrected chi connectivity index (χ2v) is 5.76. The van der Waals surface area contributed by atoms with Gasteiger partial charge < -0.3 is 16.0 Å². The van der Waals surface area contributed by atoms with Crippen LogP contribution >= 0.6 is 0 Å². The number of benzene rings is 2. The highest BCUT2D eigenvalue weighted by Crippen LogP contribution is 2.29. The Hall–Kier alpha value is -2.49. The molecule has 0 saturated carbocycles. The van der Waals surface area contributed by atoms with E-state index in [1.54, 1.807) is 0 Å². The molecule has 3 rings (SSSR count). The number of anilines is 3. The van der Waals surface area contributed by atoms with Gasteiger partial charge in [-0.25, -0.2) is 0 Å². The summed E-state index contributed by atoms with van der Waals surface area (Å²) >= 11 is 0. The van der Waals surface area contributed by atoms with Crippen LogP contribution in [0.5, 0.6) is 0 Å². The summed E-state index contributed by atoms with van der Waals surface area (Å²) in [5.74, 6) is -0.00889. The van der Waals surface area contributed by atoms with Gasteiger partial charge in [-0.05, 0) is 49.6 Å². The van der Waals surface area contributed by atoms with Gasteiger partial charge in [0, 0.05) is 23.6 Å². The molecule has 114 valence electrons. The number of para-hydroxylation sites is 1. The fraction of sp³-hybridized carbons (Fsp3) is 0.278. The third-order valence-electron chi connectivity index (χ3n) is 4.40. The first kappa shape index (κ1) is 14.4. The highest BCUT2D eigenvalue weighted by atomic mass is 16.2. The molecule has 2 aromatic rings. The number of fused-ring (bicyclic) bond motifs is 1. The minimum Gasteiger partial charge on any atom is -0.398 e. The van der Waals surface area contributed by atoms with Gasteiger partial charge in [-0.3, -0.25) is 4.79 Å². The Labute approximate surface area is 130 Å². The van der Waals surface area contributed by atoms with Crippen LogP contribution in [0.1, 0.15) is 18.1 Å². The van der Waals surface area contributed by atoms with Gasteiger partial charge in [0.2, 0.25) is 5.91 Å². The van der Waals surface area contributed by atoms with Crippen molar-refractivity contribution in [3.63, 3.8) is 0 Å². The quantitative estimate of drug-likeness (QED) is 0.856. The lowest BCUT2D eigenvalue weighted by Gasteiger charge is -2.26. The Morgan fingerprint density at radius 3 is 2.82 bits per heavy atom. The van der Waals surface area contributed by atoms with Crippen molar-refractivity contribution in [2.75, 3.05) is 22.5 Å². The van der Waals surface area contributed by atoms with Crippen molar-refractivity contribution >= 4 is 23.0 Å². The number of hydrogen-bond donors (Lipinski definition) is 2. The molecule has 1 atom stereocenters. The van der Waals surface area contributed by atoms with Gasteiger partial charge >= 0.3 is 0 Å². The zero-order valence-electron chi connectivity index (χ0n) is 13.0. The first-order chi connectivity index (χ1) is 10.6. The minimum atomic E-state index is -0.218. The molecule has 2 aromatic carbocycles. The molecule has 0 spiro atoms. The highest BCUT2D eigenvalue weighted by molar-refractivity contribution is 5.98. The van der Waals surface area contributed by atoms with Gasteiger partial charge in [-0.1, -0.05) is 24.3 Å². The predicted molar refractivity (Wildman–Crippen MR) is 91.2 cm³/mol. The van der Waals surface area contributed by atoms with Crippen LogP contribution in [0.3, 0.4) is 0 Å². The van der Waals surface area contributed by atoms with E-state index in [1.807, 2.05) is 44.2 Å². The molecule has 1 unspecified atom stereocenters. The Morgan fingerprint density at radius 1 is 1.23 bits per heavy atom. The summed E-state index contributed by atoms with van der Waals surface area (Å²) in [5, 5.41) is 3.00.